The van der Waals surface area contributed by atoms with Gasteiger partial charge in [-0.3, -0.25) is 4.99 Å². The molecule has 1 aromatic rings. The van der Waals surface area contributed by atoms with Crippen LogP contribution in [0, 0.1) is 0 Å². The fourth-order valence-corrected chi connectivity index (χ4v) is 1.39. The Bertz CT molecular complexity index is 266. The predicted molar refractivity (Wildman–Crippen MR) is 52.0 cm³/mol. The summed E-state index contributed by atoms with van der Waals surface area (Å²) in [7, 11) is 0. The minimum Gasteiger partial charge on any atom is -0.364 e. The van der Waals surface area contributed by atoms with Crippen LogP contribution >= 0.6 is 0 Å². The Morgan fingerprint density at radius 2 is 2.00 bits per heavy atom. The van der Waals surface area contributed by atoms with Crippen molar-refractivity contribution in [2.24, 2.45) is 4.99 Å². The monoisotopic (exact) mass is 160 g/mol. The van der Waals surface area contributed by atoms with Crippen LogP contribution in [0.4, 0.5) is 5.69 Å². The standard InChI is InChI=1S/C10H12N2/c1-2-4-10(5-3-1)12-8-6-11-7-9-12/h1-6H,7-9H2. The second-order valence-corrected chi connectivity index (χ2v) is 2.87. The van der Waals surface area contributed by atoms with E-state index in [1.807, 2.05) is 12.3 Å². The van der Waals surface area contributed by atoms with E-state index in [0.29, 0.717) is 0 Å². The van der Waals surface area contributed by atoms with E-state index in [-0.39, 0.29) is 0 Å². The zero-order chi connectivity index (χ0) is 8.23. The Kier molecular flexibility index (Phi) is 2.08. The van der Waals surface area contributed by atoms with Gasteiger partial charge in [0.2, 0.25) is 0 Å². The smallest absolute Gasteiger partial charge is 0.0562 e. The first-order valence-corrected chi connectivity index (χ1v) is 4.25. The fourth-order valence-electron chi connectivity index (χ4n) is 1.39. The lowest BCUT2D eigenvalue weighted by Gasteiger charge is -2.24. The average molecular weight is 160 g/mol. The zero-order valence-corrected chi connectivity index (χ0v) is 6.98. The molecule has 0 aliphatic carbocycles. The molecule has 0 aromatic heterocycles. The molecule has 0 unspecified atom stereocenters. The number of para-hydroxylation sites is 1. The highest BCUT2D eigenvalue weighted by molar-refractivity contribution is 5.67. The SMILES string of the molecule is C1=NCCN(c2ccccc2)C1. The second kappa shape index (κ2) is 3.39. The second-order valence-electron chi connectivity index (χ2n) is 2.87. The predicted octanol–water partition coefficient (Wildman–Crippen LogP) is 1.58. The first kappa shape index (κ1) is 7.35. The van der Waals surface area contributed by atoms with Crippen molar-refractivity contribution in [2.75, 3.05) is 24.5 Å². The van der Waals surface area contributed by atoms with Crippen molar-refractivity contribution in [3.63, 3.8) is 0 Å². The Labute approximate surface area is 72.5 Å². The molecule has 62 valence electrons. The summed E-state index contributed by atoms with van der Waals surface area (Å²) in [5.74, 6) is 0. The molecule has 0 saturated carbocycles. The molecule has 0 radical (unpaired) electrons. The van der Waals surface area contributed by atoms with Crippen LogP contribution in [-0.2, 0) is 0 Å². The molecule has 0 atom stereocenters. The molecule has 0 N–H and O–H groups in total. The maximum atomic E-state index is 4.19. The fraction of sp³-hybridized carbons (Fsp3) is 0.300. The summed E-state index contributed by atoms with van der Waals surface area (Å²) in [6.45, 7) is 2.92. The van der Waals surface area contributed by atoms with Crippen LogP contribution in [0.25, 0.3) is 0 Å². The van der Waals surface area contributed by atoms with Gasteiger partial charge in [-0.05, 0) is 12.1 Å². The lowest BCUT2D eigenvalue weighted by molar-refractivity contribution is 0.832. The van der Waals surface area contributed by atoms with Crippen molar-refractivity contribution >= 4 is 11.9 Å². The quantitative estimate of drug-likeness (QED) is 0.609. The third kappa shape index (κ3) is 1.47. The largest absolute Gasteiger partial charge is 0.364 e. The molecule has 2 heteroatoms. The summed E-state index contributed by atoms with van der Waals surface area (Å²) < 4.78 is 0. The number of hydrogen-bond acceptors (Lipinski definition) is 2. The van der Waals surface area contributed by atoms with Crippen molar-refractivity contribution in [3.8, 4) is 0 Å². The van der Waals surface area contributed by atoms with Gasteiger partial charge < -0.3 is 4.90 Å². The van der Waals surface area contributed by atoms with E-state index < -0.39 is 0 Å². The van der Waals surface area contributed by atoms with Crippen LogP contribution in [0.1, 0.15) is 0 Å². The minimum absolute atomic E-state index is 0.925. The van der Waals surface area contributed by atoms with Crippen molar-refractivity contribution in [3.05, 3.63) is 30.3 Å². The van der Waals surface area contributed by atoms with Crippen molar-refractivity contribution < 1.29 is 0 Å². The van der Waals surface area contributed by atoms with Gasteiger partial charge >= 0.3 is 0 Å². The molecule has 2 rings (SSSR count). The van der Waals surface area contributed by atoms with E-state index in [0.717, 1.165) is 19.6 Å². The maximum Gasteiger partial charge on any atom is 0.0562 e. The van der Waals surface area contributed by atoms with E-state index in [9.17, 15) is 0 Å². The Hall–Kier alpha value is -1.31. The van der Waals surface area contributed by atoms with Crippen LogP contribution in [0.3, 0.4) is 0 Å². The van der Waals surface area contributed by atoms with Crippen LogP contribution in [0.2, 0.25) is 0 Å². The van der Waals surface area contributed by atoms with Gasteiger partial charge in [0.25, 0.3) is 0 Å². The summed E-state index contributed by atoms with van der Waals surface area (Å²) in [6, 6.07) is 10.5. The van der Waals surface area contributed by atoms with E-state index in [1.54, 1.807) is 0 Å². The molecule has 0 amide bonds. The minimum atomic E-state index is 0.925. The van der Waals surface area contributed by atoms with Crippen molar-refractivity contribution in [2.45, 2.75) is 0 Å². The molecule has 0 spiro atoms. The number of rotatable bonds is 1. The molecule has 0 saturated heterocycles. The number of nitrogens with zero attached hydrogens (tertiary/aromatic N) is 2. The molecule has 1 aliphatic rings. The average Bonchev–Trinajstić information content (AvgIpc) is 2.21. The summed E-state index contributed by atoms with van der Waals surface area (Å²) in [6.07, 6.45) is 1.98. The number of anilines is 1. The van der Waals surface area contributed by atoms with Gasteiger partial charge in [-0.25, -0.2) is 0 Å². The number of aliphatic imine (C=N–C) groups is 1. The van der Waals surface area contributed by atoms with Gasteiger partial charge in [-0.2, -0.15) is 0 Å². The van der Waals surface area contributed by atoms with Gasteiger partial charge in [0, 0.05) is 18.4 Å². The van der Waals surface area contributed by atoms with Gasteiger partial charge in [0.1, 0.15) is 0 Å². The van der Waals surface area contributed by atoms with Gasteiger partial charge in [-0.1, -0.05) is 18.2 Å². The van der Waals surface area contributed by atoms with Crippen molar-refractivity contribution in [1.82, 2.24) is 0 Å². The molecule has 0 bridgehead atoms. The molecule has 2 nitrogen and oxygen atoms in total. The van der Waals surface area contributed by atoms with Crippen LogP contribution in [0.15, 0.2) is 35.3 Å². The lowest BCUT2D eigenvalue weighted by atomic mass is 10.3. The first-order chi connectivity index (χ1) is 5.97. The summed E-state index contributed by atoms with van der Waals surface area (Å²) in [5, 5.41) is 0. The van der Waals surface area contributed by atoms with Gasteiger partial charge in [0.15, 0.2) is 0 Å². The van der Waals surface area contributed by atoms with E-state index in [2.05, 4.69) is 34.2 Å². The highest BCUT2D eigenvalue weighted by Crippen LogP contribution is 2.12. The molecular weight excluding hydrogens is 148 g/mol. The zero-order valence-electron chi connectivity index (χ0n) is 6.98. The Morgan fingerprint density at radius 1 is 1.17 bits per heavy atom. The van der Waals surface area contributed by atoms with E-state index in [1.165, 1.54) is 5.69 Å². The van der Waals surface area contributed by atoms with Crippen LogP contribution in [0.5, 0.6) is 0 Å². The molecule has 1 heterocycles. The topological polar surface area (TPSA) is 15.6 Å². The first-order valence-electron chi connectivity index (χ1n) is 4.25. The van der Waals surface area contributed by atoms with Gasteiger partial charge in [-0.15, -0.1) is 0 Å². The van der Waals surface area contributed by atoms with Crippen LogP contribution in [-0.4, -0.2) is 25.8 Å². The lowest BCUT2D eigenvalue weighted by Crippen LogP contribution is -2.31. The third-order valence-corrected chi connectivity index (χ3v) is 2.05. The Balaban J connectivity index is 2.15. The number of benzene rings is 1. The van der Waals surface area contributed by atoms with E-state index >= 15 is 0 Å². The highest BCUT2D eigenvalue weighted by Gasteiger charge is 2.05. The third-order valence-electron chi connectivity index (χ3n) is 2.05. The molecular formula is C10H12N2. The molecule has 1 aliphatic heterocycles. The molecule has 12 heavy (non-hydrogen) atoms. The van der Waals surface area contributed by atoms with Crippen LogP contribution < -0.4 is 4.90 Å². The normalized spacial score (nSPS) is 16.5. The van der Waals surface area contributed by atoms with Gasteiger partial charge in [0.05, 0.1) is 13.1 Å². The summed E-state index contributed by atoms with van der Waals surface area (Å²) in [5.41, 5.74) is 1.30. The molecule has 0 fully saturated rings. The van der Waals surface area contributed by atoms with Crippen molar-refractivity contribution in [1.29, 1.82) is 0 Å². The van der Waals surface area contributed by atoms with E-state index in [4.69, 9.17) is 0 Å². The molecule has 1 aromatic carbocycles. The highest BCUT2D eigenvalue weighted by atomic mass is 15.2. The maximum absolute atomic E-state index is 4.19. The number of hydrogen-bond donors (Lipinski definition) is 0. The summed E-state index contributed by atoms with van der Waals surface area (Å²) in [4.78, 5) is 6.51. The Morgan fingerprint density at radius 3 is 2.67 bits per heavy atom. The summed E-state index contributed by atoms with van der Waals surface area (Å²) >= 11 is 0.